The lowest BCUT2D eigenvalue weighted by atomic mass is 10.1. The summed E-state index contributed by atoms with van der Waals surface area (Å²) in [6, 6.07) is 15.6. The van der Waals surface area contributed by atoms with Gasteiger partial charge in [0.25, 0.3) is 0 Å². The molecule has 0 N–H and O–H groups in total. The molecule has 0 aliphatic heterocycles. The Labute approximate surface area is 155 Å². The number of aromatic nitrogens is 2. The van der Waals surface area contributed by atoms with Gasteiger partial charge in [-0.3, -0.25) is 9.78 Å². The Hall–Kier alpha value is -3.05. The SMILES string of the molecule is CCOC(=O)c1nc(C(=O)c2ccc(Cl)cc2)cnc1-c1ccccc1. The fraction of sp³-hybridized carbons (Fsp3) is 0.100. The minimum atomic E-state index is -0.621. The van der Waals surface area contributed by atoms with E-state index >= 15 is 0 Å². The van der Waals surface area contributed by atoms with Gasteiger partial charge in [-0.05, 0) is 31.2 Å². The van der Waals surface area contributed by atoms with E-state index < -0.39 is 5.97 Å². The smallest absolute Gasteiger partial charge is 0.359 e. The van der Waals surface area contributed by atoms with Crippen LogP contribution >= 0.6 is 11.6 Å². The molecule has 3 rings (SSSR count). The summed E-state index contributed by atoms with van der Waals surface area (Å²) in [6.07, 6.45) is 1.36. The van der Waals surface area contributed by atoms with Gasteiger partial charge in [-0.25, -0.2) is 9.78 Å². The molecular formula is C20H15ClN2O3. The molecule has 0 unspecified atom stereocenters. The summed E-state index contributed by atoms with van der Waals surface area (Å²) in [5.41, 5.74) is 1.57. The monoisotopic (exact) mass is 366 g/mol. The van der Waals surface area contributed by atoms with Crippen molar-refractivity contribution < 1.29 is 14.3 Å². The summed E-state index contributed by atoms with van der Waals surface area (Å²) in [5.74, 6) is -0.969. The van der Waals surface area contributed by atoms with Crippen LogP contribution in [-0.4, -0.2) is 28.3 Å². The highest BCUT2D eigenvalue weighted by molar-refractivity contribution is 6.30. The zero-order valence-corrected chi connectivity index (χ0v) is 14.7. The number of ketones is 1. The number of benzene rings is 2. The van der Waals surface area contributed by atoms with E-state index in [0.717, 1.165) is 0 Å². The van der Waals surface area contributed by atoms with Crippen LogP contribution in [0.3, 0.4) is 0 Å². The van der Waals surface area contributed by atoms with Crippen molar-refractivity contribution >= 4 is 23.4 Å². The fourth-order valence-electron chi connectivity index (χ4n) is 2.40. The molecule has 5 nitrogen and oxygen atoms in total. The topological polar surface area (TPSA) is 69.2 Å². The van der Waals surface area contributed by atoms with Crippen LogP contribution in [0.1, 0.15) is 33.5 Å². The zero-order chi connectivity index (χ0) is 18.5. The van der Waals surface area contributed by atoms with Crippen LogP contribution < -0.4 is 0 Å². The minimum Gasteiger partial charge on any atom is -0.461 e. The van der Waals surface area contributed by atoms with E-state index in [4.69, 9.17) is 16.3 Å². The normalized spacial score (nSPS) is 10.4. The molecule has 0 spiro atoms. The molecule has 0 atom stereocenters. The first-order chi connectivity index (χ1) is 12.6. The van der Waals surface area contributed by atoms with Gasteiger partial charge in [-0.2, -0.15) is 0 Å². The van der Waals surface area contributed by atoms with Crippen LogP contribution in [0.5, 0.6) is 0 Å². The van der Waals surface area contributed by atoms with E-state index in [-0.39, 0.29) is 23.8 Å². The molecule has 0 radical (unpaired) electrons. The van der Waals surface area contributed by atoms with Crippen molar-refractivity contribution in [3.8, 4) is 11.3 Å². The summed E-state index contributed by atoms with van der Waals surface area (Å²) >= 11 is 5.85. The number of halogens is 1. The number of carbonyl (C=O) groups excluding carboxylic acids is 2. The van der Waals surface area contributed by atoms with Gasteiger partial charge in [0.1, 0.15) is 11.4 Å². The highest BCUT2D eigenvalue weighted by atomic mass is 35.5. The van der Waals surface area contributed by atoms with Gasteiger partial charge in [0.05, 0.1) is 12.8 Å². The van der Waals surface area contributed by atoms with E-state index in [1.165, 1.54) is 6.20 Å². The lowest BCUT2D eigenvalue weighted by Gasteiger charge is -2.09. The summed E-state index contributed by atoms with van der Waals surface area (Å²) in [6.45, 7) is 1.90. The van der Waals surface area contributed by atoms with E-state index in [0.29, 0.717) is 21.8 Å². The molecule has 0 bridgehead atoms. The molecule has 3 aromatic rings. The van der Waals surface area contributed by atoms with Crippen molar-refractivity contribution in [2.45, 2.75) is 6.92 Å². The molecule has 2 aromatic carbocycles. The highest BCUT2D eigenvalue weighted by Gasteiger charge is 2.21. The maximum atomic E-state index is 12.6. The van der Waals surface area contributed by atoms with Gasteiger partial charge in [-0.15, -0.1) is 0 Å². The van der Waals surface area contributed by atoms with Crippen molar-refractivity contribution in [3.63, 3.8) is 0 Å². The van der Waals surface area contributed by atoms with Crippen LogP contribution in [-0.2, 0) is 4.74 Å². The number of carbonyl (C=O) groups is 2. The van der Waals surface area contributed by atoms with E-state index in [9.17, 15) is 9.59 Å². The van der Waals surface area contributed by atoms with E-state index in [1.807, 2.05) is 30.3 Å². The molecular weight excluding hydrogens is 352 g/mol. The Morgan fingerprint density at radius 1 is 1.04 bits per heavy atom. The molecule has 130 valence electrons. The Morgan fingerprint density at radius 2 is 1.73 bits per heavy atom. The molecule has 0 saturated carbocycles. The van der Waals surface area contributed by atoms with Crippen molar-refractivity contribution in [3.05, 3.63) is 82.8 Å². The molecule has 1 heterocycles. The Morgan fingerprint density at radius 3 is 2.38 bits per heavy atom. The molecule has 0 saturated heterocycles. The third kappa shape index (κ3) is 3.78. The fourth-order valence-corrected chi connectivity index (χ4v) is 2.52. The first-order valence-electron chi connectivity index (χ1n) is 8.00. The number of hydrogen-bond donors (Lipinski definition) is 0. The maximum absolute atomic E-state index is 12.6. The number of esters is 1. The second kappa shape index (κ2) is 7.89. The van der Waals surface area contributed by atoms with Crippen LogP contribution in [0.2, 0.25) is 5.02 Å². The van der Waals surface area contributed by atoms with Crippen molar-refractivity contribution in [2.75, 3.05) is 6.61 Å². The number of rotatable bonds is 5. The number of hydrogen-bond acceptors (Lipinski definition) is 5. The zero-order valence-electron chi connectivity index (χ0n) is 14.0. The lowest BCUT2D eigenvalue weighted by Crippen LogP contribution is -2.14. The van der Waals surface area contributed by atoms with Crippen LogP contribution in [0.4, 0.5) is 0 Å². The van der Waals surface area contributed by atoms with Gasteiger partial charge in [0, 0.05) is 16.1 Å². The average molecular weight is 367 g/mol. The number of nitrogens with zero attached hydrogens (tertiary/aromatic N) is 2. The van der Waals surface area contributed by atoms with E-state index in [2.05, 4.69) is 9.97 Å². The van der Waals surface area contributed by atoms with Crippen LogP contribution in [0.25, 0.3) is 11.3 Å². The Kier molecular flexibility index (Phi) is 5.39. The average Bonchev–Trinajstić information content (AvgIpc) is 2.68. The van der Waals surface area contributed by atoms with Crippen LogP contribution in [0.15, 0.2) is 60.8 Å². The predicted octanol–water partition coefficient (Wildman–Crippen LogP) is 4.20. The van der Waals surface area contributed by atoms with Crippen molar-refractivity contribution in [1.82, 2.24) is 9.97 Å². The lowest BCUT2D eigenvalue weighted by molar-refractivity contribution is 0.0520. The molecule has 1 aromatic heterocycles. The van der Waals surface area contributed by atoms with Gasteiger partial charge in [-0.1, -0.05) is 41.9 Å². The second-order valence-corrected chi connectivity index (χ2v) is 5.81. The first-order valence-corrected chi connectivity index (χ1v) is 8.37. The Bertz CT molecular complexity index is 941. The molecule has 6 heteroatoms. The molecule has 0 aliphatic carbocycles. The first kappa shape index (κ1) is 17.8. The van der Waals surface area contributed by atoms with E-state index in [1.54, 1.807) is 31.2 Å². The summed E-state index contributed by atoms with van der Waals surface area (Å²) in [4.78, 5) is 33.5. The van der Waals surface area contributed by atoms with Gasteiger partial charge < -0.3 is 4.74 Å². The molecule has 26 heavy (non-hydrogen) atoms. The van der Waals surface area contributed by atoms with Crippen molar-refractivity contribution in [1.29, 1.82) is 0 Å². The standard InChI is InChI=1S/C20H15ClN2O3/c1-2-26-20(25)18-17(13-6-4-3-5-7-13)22-12-16(23-18)19(24)14-8-10-15(21)11-9-14/h3-12H,2H2,1H3. The largest absolute Gasteiger partial charge is 0.461 e. The van der Waals surface area contributed by atoms with Crippen LogP contribution in [0, 0.1) is 0 Å². The summed E-state index contributed by atoms with van der Waals surface area (Å²) in [7, 11) is 0. The third-order valence-electron chi connectivity index (χ3n) is 3.63. The quantitative estimate of drug-likeness (QED) is 0.500. The summed E-state index contributed by atoms with van der Waals surface area (Å²) in [5, 5.41) is 0.527. The third-order valence-corrected chi connectivity index (χ3v) is 3.88. The maximum Gasteiger partial charge on any atom is 0.359 e. The highest BCUT2D eigenvalue weighted by Crippen LogP contribution is 2.22. The predicted molar refractivity (Wildman–Crippen MR) is 98.3 cm³/mol. The molecule has 0 fully saturated rings. The molecule has 0 aliphatic rings. The van der Waals surface area contributed by atoms with Crippen molar-refractivity contribution in [2.24, 2.45) is 0 Å². The second-order valence-electron chi connectivity index (χ2n) is 5.37. The van der Waals surface area contributed by atoms with Gasteiger partial charge in [0.2, 0.25) is 5.78 Å². The van der Waals surface area contributed by atoms with Gasteiger partial charge >= 0.3 is 5.97 Å². The summed E-state index contributed by atoms with van der Waals surface area (Å²) < 4.78 is 5.08. The molecule has 0 amide bonds. The van der Waals surface area contributed by atoms with Gasteiger partial charge in [0.15, 0.2) is 5.69 Å². The Balaban J connectivity index is 2.06. The minimum absolute atomic E-state index is 0.0119. The number of ether oxygens (including phenoxy) is 1.